The summed E-state index contributed by atoms with van der Waals surface area (Å²) in [6, 6.07) is 9.25. The van der Waals surface area contributed by atoms with Crippen LogP contribution in [0.3, 0.4) is 0 Å². The fraction of sp³-hybridized carbons (Fsp3) is 0.261. The van der Waals surface area contributed by atoms with E-state index in [1.54, 1.807) is 18.2 Å². The fourth-order valence-electron chi connectivity index (χ4n) is 3.83. The first-order chi connectivity index (χ1) is 16.8. The van der Waals surface area contributed by atoms with Gasteiger partial charge in [0.2, 0.25) is 11.0 Å². The summed E-state index contributed by atoms with van der Waals surface area (Å²) in [6.07, 6.45) is 1.11. The third kappa shape index (κ3) is 5.15. The molecule has 35 heavy (non-hydrogen) atoms. The topological polar surface area (TPSA) is 114 Å². The predicted octanol–water partition coefficient (Wildman–Crippen LogP) is 4.13. The molecule has 0 atom stereocenters. The summed E-state index contributed by atoms with van der Waals surface area (Å²) < 4.78 is 20.1. The minimum atomic E-state index is -0.670. The molecule has 0 saturated carbocycles. The van der Waals surface area contributed by atoms with Gasteiger partial charge in [0.15, 0.2) is 0 Å². The zero-order valence-electron chi connectivity index (χ0n) is 19.0. The average Bonchev–Trinajstić information content (AvgIpc) is 2.85. The van der Waals surface area contributed by atoms with Crippen molar-refractivity contribution in [1.29, 1.82) is 0 Å². The molecular weight excluding hydrogens is 479 g/mol. The number of hydrogen-bond acceptors (Lipinski definition) is 9. The van der Waals surface area contributed by atoms with Crippen LogP contribution in [0.5, 0.6) is 0 Å². The standard InChI is InChI=1S/C23H22ClFN6O4/c1-29-7-9-30(10-8-29)19-12-17(25)16(14-3-5-15(6-4-14)23(32)35-2)11-18(19)28-22-20(31(33)34)21(24)26-13-27-22/h3-6,11-13H,7-10H2,1-2H3,(H,26,27,28). The lowest BCUT2D eigenvalue weighted by Gasteiger charge is -2.35. The van der Waals surface area contributed by atoms with Crippen LogP contribution in [0.25, 0.3) is 11.1 Å². The Labute approximate surface area is 205 Å². The van der Waals surface area contributed by atoms with Crippen molar-refractivity contribution in [3.63, 3.8) is 0 Å². The molecule has 2 aromatic carbocycles. The number of carbonyl (C=O) groups excluding carboxylic acids is 1. The molecule has 0 spiro atoms. The number of benzene rings is 2. The van der Waals surface area contributed by atoms with Crippen LogP contribution < -0.4 is 10.2 Å². The highest BCUT2D eigenvalue weighted by molar-refractivity contribution is 6.31. The van der Waals surface area contributed by atoms with Crippen molar-refractivity contribution < 1.29 is 18.8 Å². The zero-order valence-corrected chi connectivity index (χ0v) is 19.8. The van der Waals surface area contributed by atoms with E-state index >= 15 is 4.39 Å². The number of rotatable bonds is 6. The molecular formula is C23H22ClFN6O4. The van der Waals surface area contributed by atoms with Crippen molar-refractivity contribution >= 4 is 40.5 Å². The van der Waals surface area contributed by atoms with E-state index in [1.165, 1.54) is 25.3 Å². The van der Waals surface area contributed by atoms with Gasteiger partial charge in [-0.1, -0.05) is 23.7 Å². The Bertz CT molecular complexity index is 1270. The Balaban J connectivity index is 1.80. The third-order valence-corrected chi connectivity index (χ3v) is 6.04. The Kier molecular flexibility index (Phi) is 7.08. The van der Waals surface area contributed by atoms with Gasteiger partial charge in [-0.15, -0.1) is 0 Å². The average molecular weight is 501 g/mol. The fourth-order valence-corrected chi connectivity index (χ4v) is 4.04. The molecule has 1 aromatic heterocycles. The van der Waals surface area contributed by atoms with E-state index in [4.69, 9.17) is 16.3 Å². The largest absolute Gasteiger partial charge is 0.465 e. The number of nitrogens with one attached hydrogen (secondary N) is 1. The summed E-state index contributed by atoms with van der Waals surface area (Å²) in [5, 5.41) is 14.3. The number of anilines is 3. The van der Waals surface area contributed by atoms with Crippen molar-refractivity contribution in [2.24, 2.45) is 0 Å². The van der Waals surface area contributed by atoms with Gasteiger partial charge in [-0.3, -0.25) is 10.1 Å². The molecule has 0 bridgehead atoms. The maximum Gasteiger partial charge on any atom is 0.348 e. The van der Waals surface area contributed by atoms with Gasteiger partial charge < -0.3 is 19.9 Å². The molecule has 12 heteroatoms. The number of nitro groups is 1. The van der Waals surface area contributed by atoms with Gasteiger partial charge in [0.05, 0.1) is 29.0 Å². The Hall–Kier alpha value is -3.83. The van der Waals surface area contributed by atoms with Crippen LogP contribution >= 0.6 is 11.6 Å². The van der Waals surface area contributed by atoms with Gasteiger partial charge in [-0.2, -0.15) is 0 Å². The van der Waals surface area contributed by atoms with Crippen LogP contribution in [-0.2, 0) is 4.74 Å². The van der Waals surface area contributed by atoms with E-state index in [-0.39, 0.29) is 16.5 Å². The monoisotopic (exact) mass is 500 g/mol. The highest BCUT2D eigenvalue weighted by atomic mass is 35.5. The van der Waals surface area contributed by atoms with Crippen molar-refractivity contribution in [2.45, 2.75) is 0 Å². The molecule has 1 fully saturated rings. The van der Waals surface area contributed by atoms with Crippen LogP contribution in [0, 0.1) is 15.9 Å². The SMILES string of the molecule is COC(=O)c1ccc(-c2cc(Nc3ncnc(Cl)c3[N+](=O)[O-])c(N3CCN(C)CC3)cc2F)cc1. The van der Waals surface area contributed by atoms with Crippen LogP contribution in [0.1, 0.15) is 10.4 Å². The number of methoxy groups -OCH3 is 1. The summed E-state index contributed by atoms with van der Waals surface area (Å²) >= 11 is 5.95. The number of ether oxygens (including phenoxy) is 1. The molecule has 0 radical (unpaired) electrons. The first-order valence-corrected chi connectivity index (χ1v) is 11.0. The molecule has 182 valence electrons. The normalized spacial score (nSPS) is 14.0. The lowest BCUT2D eigenvalue weighted by molar-refractivity contribution is -0.384. The summed E-state index contributed by atoms with van der Waals surface area (Å²) in [6.45, 7) is 2.84. The number of halogens is 2. The first kappa shape index (κ1) is 24.3. The number of nitrogens with zero attached hydrogens (tertiary/aromatic N) is 5. The highest BCUT2D eigenvalue weighted by Gasteiger charge is 2.25. The summed E-state index contributed by atoms with van der Waals surface area (Å²) in [5.74, 6) is -1.09. The van der Waals surface area contributed by atoms with Crippen molar-refractivity contribution in [3.05, 3.63) is 69.4 Å². The van der Waals surface area contributed by atoms with Crippen molar-refractivity contribution in [1.82, 2.24) is 14.9 Å². The van der Waals surface area contributed by atoms with E-state index in [2.05, 4.69) is 20.2 Å². The van der Waals surface area contributed by atoms with Crippen LogP contribution in [0.2, 0.25) is 5.15 Å². The Morgan fingerprint density at radius 3 is 2.49 bits per heavy atom. The number of hydrogen-bond donors (Lipinski definition) is 1. The second-order valence-corrected chi connectivity index (χ2v) is 8.31. The minimum Gasteiger partial charge on any atom is -0.465 e. The number of likely N-dealkylation sites (N-methyl/N-ethyl adjacent to an activating group) is 1. The van der Waals surface area contributed by atoms with Crippen LogP contribution in [-0.4, -0.2) is 66.1 Å². The van der Waals surface area contributed by atoms with E-state index in [1.807, 2.05) is 11.9 Å². The number of esters is 1. The lowest BCUT2D eigenvalue weighted by atomic mass is 10.0. The van der Waals surface area contributed by atoms with Crippen molar-refractivity contribution in [3.8, 4) is 11.1 Å². The van der Waals surface area contributed by atoms with E-state index in [0.29, 0.717) is 35.6 Å². The quantitative estimate of drug-likeness (QED) is 0.231. The second kappa shape index (κ2) is 10.2. The molecule has 4 rings (SSSR count). The summed E-state index contributed by atoms with van der Waals surface area (Å²) in [4.78, 5) is 34.5. The zero-order chi connectivity index (χ0) is 25.1. The van der Waals surface area contributed by atoms with E-state index < -0.39 is 22.4 Å². The van der Waals surface area contributed by atoms with Gasteiger partial charge in [0, 0.05) is 31.7 Å². The van der Waals surface area contributed by atoms with Crippen molar-refractivity contribution in [2.75, 3.05) is 50.6 Å². The van der Waals surface area contributed by atoms with Gasteiger partial charge in [0.25, 0.3) is 0 Å². The number of piperazine rings is 1. The Morgan fingerprint density at radius 1 is 1.17 bits per heavy atom. The van der Waals surface area contributed by atoms with Gasteiger partial charge in [-0.25, -0.2) is 19.2 Å². The van der Waals surface area contributed by atoms with Gasteiger partial charge in [-0.05, 0) is 36.9 Å². The van der Waals surface area contributed by atoms with Crippen LogP contribution in [0.15, 0.2) is 42.7 Å². The third-order valence-electron chi connectivity index (χ3n) is 5.76. The molecule has 2 heterocycles. The predicted molar refractivity (Wildman–Crippen MR) is 130 cm³/mol. The molecule has 1 N–H and O–H groups in total. The first-order valence-electron chi connectivity index (χ1n) is 10.7. The molecule has 3 aromatic rings. The van der Waals surface area contributed by atoms with E-state index in [9.17, 15) is 14.9 Å². The van der Waals surface area contributed by atoms with Gasteiger partial charge in [0.1, 0.15) is 12.1 Å². The maximum atomic E-state index is 15.4. The van der Waals surface area contributed by atoms with Crippen LogP contribution in [0.4, 0.5) is 27.3 Å². The highest BCUT2D eigenvalue weighted by Crippen LogP contribution is 2.38. The summed E-state index contributed by atoms with van der Waals surface area (Å²) in [7, 11) is 3.29. The lowest BCUT2D eigenvalue weighted by Crippen LogP contribution is -2.44. The molecule has 10 nitrogen and oxygen atoms in total. The minimum absolute atomic E-state index is 0.107. The molecule has 1 saturated heterocycles. The number of carbonyl (C=O) groups is 1. The molecule has 0 amide bonds. The summed E-state index contributed by atoms with van der Waals surface area (Å²) in [5.41, 5.74) is 1.56. The maximum absolute atomic E-state index is 15.4. The molecule has 0 aliphatic carbocycles. The molecule has 1 aliphatic heterocycles. The molecule has 0 unspecified atom stereocenters. The second-order valence-electron chi connectivity index (χ2n) is 7.95. The Morgan fingerprint density at radius 2 is 1.86 bits per heavy atom. The number of aromatic nitrogens is 2. The smallest absolute Gasteiger partial charge is 0.348 e. The van der Waals surface area contributed by atoms with E-state index in [0.717, 1.165) is 19.4 Å². The van der Waals surface area contributed by atoms with Gasteiger partial charge >= 0.3 is 11.7 Å². The molecule has 1 aliphatic rings.